The lowest BCUT2D eigenvalue weighted by Gasteiger charge is -2.32. The van der Waals surface area contributed by atoms with E-state index in [1.807, 2.05) is 44.2 Å². The molecule has 0 radical (unpaired) electrons. The highest BCUT2D eigenvalue weighted by molar-refractivity contribution is 5.72. The van der Waals surface area contributed by atoms with Crippen molar-refractivity contribution in [1.82, 2.24) is 0 Å². The van der Waals surface area contributed by atoms with Gasteiger partial charge in [0.2, 0.25) is 6.29 Å². The Morgan fingerprint density at radius 1 is 1.20 bits per heavy atom. The van der Waals surface area contributed by atoms with E-state index in [0.717, 1.165) is 11.1 Å². The summed E-state index contributed by atoms with van der Waals surface area (Å²) in [5.41, 5.74) is 1.42. The Labute approximate surface area is 88.9 Å². The molecule has 0 aromatic heterocycles. The summed E-state index contributed by atoms with van der Waals surface area (Å²) >= 11 is 0. The Hall–Kier alpha value is -1.16. The molecule has 3 nitrogen and oxygen atoms in total. The summed E-state index contributed by atoms with van der Waals surface area (Å²) in [6, 6.07) is 9.82. The molecule has 0 bridgehead atoms. The zero-order chi connectivity index (χ0) is 10.9. The van der Waals surface area contributed by atoms with Gasteiger partial charge in [-0.05, 0) is 31.1 Å². The van der Waals surface area contributed by atoms with Gasteiger partial charge in [-0.3, -0.25) is 0 Å². The fourth-order valence-corrected chi connectivity index (χ4v) is 1.65. The van der Waals surface area contributed by atoms with E-state index in [4.69, 9.17) is 9.78 Å². The predicted molar refractivity (Wildman–Crippen MR) is 56.7 cm³/mol. The number of aliphatic hydroxyl groups is 1. The molecule has 3 heteroatoms. The average Bonchev–Trinajstić information content (AvgIpc) is 2.23. The van der Waals surface area contributed by atoms with E-state index in [-0.39, 0.29) is 0 Å². The SMILES string of the molecule is CC1(C)OOC(O)C=C1c1ccccc1. The summed E-state index contributed by atoms with van der Waals surface area (Å²) in [6.45, 7) is 3.80. The van der Waals surface area contributed by atoms with E-state index in [0.29, 0.717) is 0 Å². The van der Waals surface area contributed by atoms with Crippen LogP contribution in [0.3, 0.4) is 0 Å². The second-order valence-electron chi connectivity index (χ2n) is 4.03. The molecular formula is C12H14O3. The standard InChI is InChI=1S/C12H14O3/c1-12(2)10(8-11(13)14-15-12)9-6-4-3-5-7-9/h3-8,11,13H,1-2H3. The molecule has 80 valence electrons. The maximum absolute atomic E-state index is 9.35. The van der Waals surface area contributed by atoms with Crippen molar-refractivity contribution in [2.24, 2.45) is 0 Å². The molecule has 0 saturated carbocycles. The molecule has 1 N–H and O–H groups in total. The second kappa shape index (κ2) is 3.77. The lowest BCUT2D eigenvalue weighted by molar-refractivity contribution is -0.395. The van der Waals surface area contributed by atoms with E-state index in [1.165, 1.54) is 0 Å². The van der Waals surface area contributed by atoms with Crippen LogP contribution in [0.4, 0.5) is 0 Å². The smallest absolute Gasteiger partial charge is 0.208 e. The van der Waals surface area contributed by atoms with Crippen LogP contribution >= 0.6 is 0 Å². The largest absolute Gasteiger partial charge is 0.362 e. The van der Waals surface area contributed by atoms with E-state index in [1.54, 1.807) is 6.08 Å². The molecule has 0 aliphatic carbocycles. The fourth-order valence-electron chi connectivity index (χ4n) is 1.65. The highest BCUT2D eigenvalue weighted by Gasteiger charge is 2.32. The molecule has 2 rings (SSSR count). The second-order valence-corrected chi connectivity index (χ2v) is 4.03. The van der Waals surface area contributed by atoms with Crippen LogP contribution in [-0.4, -0.2) is 17.0 Å². The van der Waals surface area contributed by atoms with Crippen molar-refractivity contribution in [3.05, 3.63) is 42.0 Å². The van der Waals surface area contributed by atoms with Crippen molar-refractivity contribution in [2.45, 2.75) is 25.7 Å². The van der Waals surface area contributed by atoms with Crippen LogP contribution < -0.4 is 0 Å². The molecule has 1 heterocycles. The molecule has 1 aliphatic heterocycles. The molecule has 15 heavy (non-hydrogen) atoms. The molecule has 1 atom stereocenters. The third-order valence-electron chi connectivity index (χ3n) is 2.40. The number of rotatable bonds is 1. The normalized spacial score (nSPS) is 24.7. The minimum atomic E-state index is -0.992. The zero-order valence-corrected chi connectivity index (χ0v) is 8.81. The van der Waals surface area contributed by atoms with Crippen LogP contribution in [0.15, 0.2) is 36.4 Å². The molecule has 0 fully saturated rings. The Balaban J connectivity index is 2.42. The van der Waals surface area contributed by atoms with Crippen LogP contribution in [0.1, 0.15) is 19.4 Å². The minimum absolute atomic E-state index is 0.541. The lowest BCUT2D eigenvalue weighted by atomic mass is 9.90. The quantitative estimate of drug-likeness (QED) is 0.715. The first-order valence-corrected chi connectivity index (χ1v) is 4.90. The molecule has 1 unspecified atom stereocenters. The van der Waals surface area contributed by atoms with Crippen LogP contribution in [-0.2, 0) is 9.78 Å². The molecule has 0 spiro atoms. The van der Waals surface area contributed by atoms with E-state index in [2.05, 4.69) is 0 Å². The van der Waals surface area contributed by atoms with Gasteiger partial charge in [-0.15, -0.1) is 0 Å². The van der Waals surface area contributed by atoms with Crippen molar-refractivity contribution in [2.75, 3.05) is 0 Å². The van der Waals surface area contributed by atoms with Crippen LogP contribution in [0, 0.1) is 0 Å². The fraction of sp³-hybridized carbons (Fsp3) is 0.333. The third kappa shape index (κ3) is 2.09. The third-order valence-corrected chi connectivity index (χ3v) is 2.40. The van der Waals surface area contributed by atoms with E-state index >= 15 is 0 Å². The first kappa shape index (κ1) is 10.4. The summed E-state index contributed by atoms with van der Waals surface area (Å²) in [4.78, 5) is 9.85. The van der Waals surface area contributed by atoms with Gasteiger partial charge in [0.05, 0.1) is 0 Å². The molecule has 0 amide bonds. The van der Waals surface area contributed by atoms with Crippen molar-refractivity contribution < 1.29 is 14.9 Å². The lowest BCUT2D eigenvalue weighted by Crippen LogP contribution is -2.33. The van der Waals surface area contributed by atoms with Gasteiger partial charge in [0, 0.05) is 0 Å². The highest BCUT2D eigenvalue weighted by atomic mass is 17.2. The molecular weight excluding hydrogens is 192 g/mol. The van der Waals surface area contributed by atoms with Crippen molar-refractivity contribution >= 4 is 5.57 Å². The summed E-state index contributed by atoms with van der Waals surface area (Å²) in [5.74, 6) is 0. The molecule has 1 aromatic carbocycles. The monoisotopic (exact) mass is 206 g/mol. The van der Waals surface area contributed by atoms with Crippen LogP contribution in [0.2, 0.25) is 0 Å². The Morgan fingerprint density at radius 2 is 1.87 bits per heavy atom. The predicted octanol–water partition coefficient (Wildman–Crippen LogP) is 2.13. The summed E-state index contributed by atoms with van der Waals surface area (Å²) in [7, 11) is 0. The maximum atomic E-state index is 9.35. The van der Waals surface area contributed by atoms with Gasteiger partial charge in [-0.2, -0.15) is 4.89 Å². The number of benzene rings is 1. The number of aliphatic hydroxyl groups excluding tert-OH is 1. The molecule has 0 saturated heterocycles. The van der Waals surface area contributed by atoms with E-state index < -0.39 is 11.9 Å². The Kier molecular flexibility index (Phi) is 2.61. The van der Waals surface area contributed by atoms with Gasteiger partial charge < -0.3 is 5.11 Å². The summed E-state index contributed by atoms with van der Waals surface area (Å²) < 4.78 is 0. The van der Waals surface area contributed by atoms with Gasteiger partial charge in [-0.25, -0.2) is 4.89 Å². The average molecular weight is 206 g/mol. The van der Waals surface area contributed by atoms with Gasteiger partial charge in [0.25, 0.3) is 0 Å². The maximum Gasteiger partial charge on any atom is 0.208 e. The van der Waals surface area contributed by atoms with Crippen molar-refractivity contribution in [3.8, 4) is 0 Å². The number of hydrogen-bond acceptors (Lipinski definition) is 3. The van der Waals surface area contributed by atoms with Crippen LogP contribution in [0.5, 0.6) is 0 Å². The first-order chi connectivity index (χ1) is 7.09. The Morgan fingerprint density at radius 3 is 2.53 bits per heavy atom. The zero-order valence-electron chi connectivity index (χ0n) is 8.81. The van der Waals surface area contributed by atoms with Gasteiger partial charge >= 0.3 is 0 Å². The molecule has 1 aromatic rings. The summed E-state index contributed by atoms with van der Waals surface area (Å²) in [6.07, 6.45) is 0.673. The van der Waals surface area contributed by atoms with Crippen LogP contribution in [0.25, 0.3) is 5.57 Å². The van der Waals surface area contributed by atoms with Gasteiger partial charge in [-0.1, -0.05) is 30.3 Å². The number of hydrogen-bond donors (Lipinski definition) is 1. The first-order valence-electron chi connectivity index (χ1n) is 4.90. The van der Waals surface area contributed by atoms with Gasteiger partial charge in [0.1, 0.15) is 5.60 Å². The summed E-state index contributed by atoms with van der Waals surface area (Å²) in [5, 5.41) is 9.35. The van der Waals surface area contributed by atoms with Gasteiger partial charge in [0.15, 0.2) is 0 Å². The van der Waals surface area contributed by atoms with E-state index in [9.17, 15) is 5.11 Å². The molecule has 1 aliphatic rings. The highest BCUT2D eigenvalue weighted by Crippen LogP contribution is 2.34. The topological polar surface area (TPSA) is 38.7 Å². The van der Waals surface area contributed by atoms with Crippen molar-refractivity contribution in [3.63, 3.8) is 0 Å². The minimum Gasteiger partial charge on any atom is -0.362 e. The Bertz CT molecular complexity index is 368. The van der Waals surface area contributed by atoms with Crippen molar-refractivity contribution in [1.29, 1.82) is 0 Å².